The molecule has 0 saturated carbocycles. The van der Waals surface area contributed by atoms with Gasteiger partial charge in [-0.15, -0.1) is 0 Å². The molecule has 1 aromatic heterocycles. The monoisotopic (exact) mass is 272 g/mol. The Labute approximate surface area is 123 Å². The molecule has 0 saturated heterocycles. The van der Waals surface area contributed by atoms with Crippen LogP contribution in [-0.4, -0.2) is 9.78 Å². The summed E-state index contributed by atoms with van der Waals surface area (Å²) in [4.78, 5) is 0. The van der Waals surface area contributed by atoms with Gasteiger partial charge in [0.1, 0.15) is 0 Å². The Morgan fingerprint density at radius 1 is 1.05 bits per heavy atom. The van der Waals surface area contributed by atoms with Gasteiger partial charge < -0.3 is 0 Å². The lowest BCUT2D eigenvalue weighted by atomic mass is 9.93. The smallest absolute Gasteiger partial charge is 0.0679 e. The van der Waals surface area contributed by atoms with E-state index in [0.717, 1.165) is 5.92 Å². The molecule has 0 radical (unpaired) electrons. The van der Waals surface area contributed by atoms with Crippen molar-refractivity contribution >= 4 is 10.9 Å². The quantitative estimate of drug-likeness (QED) is 0.627. The Hall–Kier alpha value is -1.31. The first-order valence-corrected chi connectivity index (χ1v) is 7.99. The lowest BCUT2D eigenvalue weighted by Crippen LogP contribution is -1.95. The van der Waals surface area contributed by atoms with Gasteiger partial charge in [0, 0.05) is 12.4 Å². The summed E-state index contributed by atoms with van der Waals surface area (Å²) in [5, 5.41) is 5.58. The molecule has 0 aliphatic heterocycles. The molecule has 0 N–H and O–H groups in total. The summed E-state index contributed by atoms with van der Waals surface area (Å²) in [6.07, 6.45) is 8.73. The van der Waals surface area contributed by atoms with Crippen molar-refractivity contribution in [3.63, 3.8) is 0 Å². The van der Waals surface area contributed by atoms with Crippen molar-refractivity contribution in [3.05, 3.63) is 30.0 Å². The first kappa shape index (κ1) is 15.1. The molecule has 0 amide bonds. The normalized spacial score (nSPS) is 13.2. The summed E-state index contributed by atoms with van der Waals surface area (Å²) in [7, 11) is 2.00. The van der Waals surface area contributed by atoms with Crippen LogP contribution in [0.25, 0.3) is 10.9 Å². The maximum atomic E-state index is 4.32. The Morgan fingerprint density at radius 2 is 1.80 bits per heavy atom. The molecule has 20 heavy (non-hydrogen) atoms. The maximum absolute atomic E-state index is 4.32. The number of fused-ring (bicyclic) bond motifs is 1. The van der Waals surface area contributed by atoms with Gasteiger partial charge in [-0.05, 0) is 36.0 Å². The van der Waals surface area contributed by atoms with Crippen LogP contribution in [0, 0.1) is 5.92 Å². The number of benzene rings is 1. The van der Waals surface area contributed by atoms with Gasteiger partial charge in [0.15, 0.2) is 0 Å². The standard InChI is InChI=1S/C18H28N2/c1-14(2)8-6-5-7-9-15(3)16-10-11-18-17(12-16)13-19-20(18)4/h10-15H,5-9H2,1-4H3. The van der Waals surface area contributed by atoms with Gasteiger partial charge >= 0.3 is 0 Å². The number of hydrogen-bond donors (Lipinski definition) is 0. The molecule has 1 aromatic carbocycles. The molecular weight excluding hydrogens is 244 g/mol. The van der Waals surface area contributed by atoms with Crippen molar-refractivity contribution in [2.24, 2.45) is 13.0 Å². The molecule has 2 heteroatoms. The highest BCUT2D eigenvalue weighted by Crippen LogP contribution is 2.25. The number of rotatable bonds is 7. The molecular formula is C18H28N2. The Balaban J connectivity index is 1.86. The molecule has 1 unspecified atom stereocenters. The van der Waals surface area contributed by atoms with Gasteiger partial charge in [-0.2, -0.15) is 5.10 Å². The van der Waals surface area contributed by atoms with Crippen LogP contribution in [0.15, 0.2) is 24.4 Å². The minimum absolute atomic E-state index is 0.652. The number of unbranched alkanes of at least 4 members (excludes halogenated alkanes) is 2. The minimum atomic E-state index is 0.652. The van der Waals surface area contributed by atoms with Gasteiger partial charge in [-0.1, -0.05) is 52.5 Å². The second-order valence-corrected chi connectivity index (χ2v) is 6.52. The molecule has 2 nitrogen and oxygen atoms in total. The summed E-state index contributed by atoms with van der Waals surface area (Å²) >= 11 is 0. The number of nitrogens with zero attached hydrogens (tertiary/aromatic N) is 2. The maximum Gasteiger partial charge on any atom is 0.0679 e. The average molecular weight is 272 g/mol. The Morgan fingerprint density at radius 3 is 2.55 bits per heavy atom. The Bertz CT molecular complexity index is 539. The third kappa shape index (κ3) is 3.84. The van der Waals surface area contributed by atoms with Crippen LogP contribution in [0.4, 0.5) is 0 Å². The SMILES string of the molecule is CC(C)CCCCCC(C)c1ccc2c(cnn2C)c1. The van der Waals surface area contributed by atoms with E-state index in [-0.39, 0.29) is 0 Å². The van der Waals surface area contributed by atoms with Crippen LogP contribution in [0.3, 0.4) is 0 Å². The zero-order chi connectivity index (χ0) is 14.5. The van der Waals surface area contributed by atoms with E-state index in [9.17, 15) is 0 Å². The average Bonchev–Trinajstić information content (AvgIpc) is 2.79. The summed E-state index contributed by atoms with van der Waals surface area (Å²) in [5.74, 6) is 1.50. The van der Waals surface area contributed by atoms with Gasteiger partial charge in [0.05, 0.1) is 11.7 Å². The molecule has 1 heterocycles. The predicted molar refractivity (Wildman–Crippen MR) is 87.1 cm³/mol. The molecule has 110 valence electrons. The molecule has 0 fully saturated rings. The van der Waals surface area contributed by atoms with Crippen molar-refractivity contribution in [1.29, 1.82) is 0 Å². The van der Waals surface area contributed by atoms with Crippen molar-refractivity contribution in [2.45, 2.75) is 58.8 Å². The van der Waals surface area contributed by atoms with Gasteiger partial charge in [-0.25, -0.2) is 0 Å². The zero-order valence-corrected chi connectivity index (χ0v) is 13.4. The zero-order valence-electron chi connectivity index (χ0n) is 13.4. The second-order valence-electron chi connectivity index (χ2n) is 6.52. The molecule has 2 aromatic rings. The van der Waals surface area contributed by atoms with Gasteiger partial charge in [0.2, 0.25) is 0 Å². The van der Waals surface area contributed by atoms with Crippen LogP contribution < -0.4 is 0 Å². The third-order valence-electron chi connectivity index (χ3n) is 4.26. The molecule has 0 aliphatic carbocycles. The predicted octanol–water partition coefficient (Wildman–Crippen LogP) is 5.28. The lowest BCUT2D eigenvalue weighted by Gasteiger charge is -2.12. The van der Waals surface area contributed by atoms with Crippen molar-refractivity contribution in [2.75, 3.05) is 0 Å². The summed E-state index contributed by atoms with van der Waals surface area (Å²) in [6.45, 7) is 6.97. The van der Waals surface area contributed by atoms with Crippen LogP contribution in [-0.2, 0) is 7.05 Å². The summed E-state index contributed by atoms with van der Waals surface area (Å²) < 4.78 is 1.94. The first-order valence-electron chi connectivity index (χ1n) is 7.99. The molecule has 1 atom stereocenters. The fourth-order valence-corrected chi connectivity index (χ4v) is 2.84. The number of aryl methyl sites for hydroxylation is 1. The van der Waals surface area contributed by atoms with E-state index in [1.807, 2.05) is 17.9 Å². The second kappa shape index (κ2) is 6.92. The highest BCUT2D eigenvalue weighted by atomic mass is 15.2. The fraction of sp³-hybridized carbons (Fsp3) is 0.611. The van der Waals surface area contributed by atoms with E-state index >= 15 is 0 Å². The lowest BCUT2D eigenvalue weighted by molar-refractivity contribution is 0.507. The number of aromatic nitrogens is 2. The van der Waals surface area contributed by atoms with Crippen LogP contribution in [0.2, 0.25) is 0 Å². The molecule has 0 aliphatic rings. The van der Waals surface area contributed by atoms with Crippen LogP contribution in [0.5, 0.6) is 0 Å². The van der Waals surface area contributed by atoms with Crippen molar-refractivity contribution in [3.8, 4) is 0 Å². The summed E-state index contributed by atoms with van der Waals surface area (Å²) in [6, 6.07) is 6.77. The highest BCUT2D eigenvalue weighted by molar-refractivity contribution is 5.79. The minimum Gasteiger partial charge on any atom is -0.268 e. The Kier molecular flexibility index (Phi) is 5.22. The molecule has 2 rings (SSSR count). The van der Waals surface area contributed by atoms with Crippen LogP contribution in [0.1, 0.15) is 64.4 Å². The van der Waals surface area contributed by atoms with Crippen molar-refractivity contribution < 1.29 is 0 Å². The van der Waals surface area contributed by atoms with E-state index in [1.54, 1.807) is 0 Å². The van der Waals surface area contributed by atoms with E-state index in [2.05, 4.69) is 44.1 Å². The molecule has 0 bridgehead atoms. The highest BCUT2D eigenvalue weighted by Gasteiger charge is 2.08. The van der Waals surface area contributed by atoms with E-state index in [1.165, 1.54) is 48.6 Å². The van der Waals surface area contributed by atoms with E-state index in [0.29, 0.717) is 5.92 Å². The fourth-order valence-electron chi connectivity index (χ4n) is 2.84. The largest absolute Gasteiger partial charge is 0.268 e. The van der Waals surface area contributed by atoms with E-state index < -0.39 is 0 Å². The number of hydrogen-bond acceptors (Lipinski definition) is 1. The third-order valence-corrected chi connectivity index (χ3v) is 4.26. The van der Waals surface area contributed by atoms with E-state index in [4.69, 9.17) is 0 Å². The molecule has 0 spiro atoms. The van der Waals surface area contributed by atoms with Crippen LogP contribution >= 0.6 is 0 Å². The van der Waals surface area contributed by atoms with Crippen molar-refractivity contribution in [1.82, 2.24) is 9.78 Å². The van der Waals surface area contributed by atoms with Gasteiger partial charge in [-0.3, -0.25) is 4.68 Å². The first-order chi connectivity index (χ1) is 9.58. The topological polar surface area (TPSA) is 17.8 Å². The van der Waals surface area contributed by atoms with Gasteiger partial charge in [0.25, 0.3) is 0 Å². The summed E-state index contributed by atoms with van der Waals surface area (Å²) in [5.41, 5.74) is 2.67.